The first kappa shape index (κ1) is 18.4. The average molecular weight is 405 g/mol. The van der Waals surface area contributed by atoms with Crippen LogP contribution in [0.4, 0.5) is 19.3 Å². The van der Waals surface area contributed by atoms with Gasteiger partial charge in [0.05, 0.1) is 0 Å². The summed E-state index contributed by atoms with van der Waals surface area (Å²) in [7, 11) is 0. The Bertz CT molecular complexity index is 1030. The first-order valence-electron chi connectivity index (χ1n) is 8.63. The highest BCUT2D eigenvalue weighted by Gasteiger charge is 2.34. The van der Waals surface area contributed by atoms with E-state index < -0.39 is 23.7 Å². The lowest BCUT2D eigenvalue weighted by Gasteiger charge is -2.22. The molecule has 1 aliphatic heterocycles. The van der Waals surface area contributed by atoms with E-state index in [-0.39, 0.29) is 5.69 Å². The number of carbonyl (C=O) groups excluding carboxylic acids is 1. The lowest BCUT2D eigenvalue weighted by Crippen LogP contribution is -2.34. The van der Waals surface area contributed by atoms with Crippen LogP contribution in [0.2, 0.25) is 5.02 Å². The Kier molecular flexibility index (Phi) is 4.95. The fourth-order valence-electron chi connectivity index (χ4n) is 3.15. The fraction of sp³-hybridized carbons (Fsp3) is 0.211. The number of aromatic nitrogens is 2. The van der Waals surface area contributed by atoms with E-state index in [1.807, 2.05) is 6.07 Å². The molecule has 2 heterocycles. The second-order valence-electron chi connectivity index (χ2n) is 6.38. The maximum atomic E-state index is 13.4. The van der Waals surface area contributed by atoms with Crippen molar-refractivity contribution in [2.75, 3.05) is 11.9 Å². The van der Waals surface area contributed by atoms with Crippen molar-refractivity contribution in [1.82, 2.24) is 15.0 Å². The molecule has 3 aromatic rings. The molecule has 1 unspecified atom stereocenters. The average Bonchev–Trinajstić information content (AvgIpc) is 3.33. The number of urea groups is 1. The number of halogens is 3. The van der Waals surface area contributed by atoms with Gasteiger partial charge in [0.25, 0.3) is 0 Å². The molecule has 4 rings (SSSR count). The summed E-state index contributed by atoms with van der Waals surface area (Å²) in [6, 6.07) is 9.40. The molecule has 9 heteroatoms. The van der Waals surface area contributed by atoms with Crippen LogP contribution in [0.15, 0.2) is 47.0 Å². The molecule has 1 aromatic heterocycles. The minimum atomic E-state index is -1.03. The number of anilines is 1. The van der Waals surface area contributed by atoms with Crippen molar-refractivity contribution in [2.24, 2.45) is 0 Å². The van der Waals surface area contributed by atoms with Crippen LogP contribution in [-0.4, -0.2) is 27.6 Å². The van der Waals surface area contributed by atoms with E-state index in [0.29, 0.717) is 35.3 Å². The van der Waals surface area contributed by atoms with Gasteiger partial charge >= 0.3 is 6.03 Å². The second kappa shape index (κ2) is 7.55. The number of benzene rings is 2. The maximum Gasteiger partial charge on any atom is 0.322 e. The molecule has 6 nitrogen and oxygen atoms in total. The molecule has 0 radical (unpaired) electrons. The van der Waals surface area contributed by atoms with E-state index in [2.05, 4.69) is 15.5 Å². The van der Waals surface area contributed by atoms with Crippen LogP contribution in [-0.2, 0) is 0 Å². The molecule has 0 aliphatic carbocycles. The molecule has 144 valence electrons. The summed E-state index contributed by atoms with van der Waals surface area (Å²) < 4.78 is 31.8. The third kappa shape index (κ3) is 3.68. The van der Waals surface area contributed by atoms with Gasteiger partial charge in [-0.05, 0) is 37.1 Å². The number of rotatable bonds is 3. The molecule has 0 saturated carbocycles. The minimum absolute atomic E-state index is 0.166. The quantitative estimate of drug-likeness (QED) is 0.664. The van der Waals surface area contributed by atoms with Crippen molar-refractivity contribution in [1.29, 1.82) is 0 Å². The van der Waals surface area contributed by atoms with Gasteiger partial charge in [0.1, 0.15) is 6.04 Å². The van der Waals surface area contributed by atoms with E-state index in [9.17, 15) is 13.6 Å². The largest absolute Gasteiger partial charge is 0.337 e. The summed E-state index contributed by atoms with van der Waals surface area (Å²) in [5, 5.41) is 7.10. The van der Waals surface area contributed by atoms with E-state index in [4.69, 9.17) is 16.1 Å². The van der Waals surface area contributed by atoms with Crippen LogP contribution in [0.25, 0.3) is 11.4 Å². The monoisotopic (exact) mass is 404 g/mol. The van der Waals surface area contributed by atoms with E-state index in [1.165, 1.54) is 11.0 Å². The molecule has 1 fully saturated rings. The van der Waals surface area contributed by atoms with Crippen LogP contribution in [0, 0.1) is 11.6 Å². The van der Waals surface area contributed by atoms with Gasteiger partial charge in [-0.15, -0.1) is 0 Å². The van der Waals surface area contributed by atoms with Crippen LogP contribution < -0.4 is 5.32 Å². The molecule has 1 atom stereocenters. The molecule has 1 aliphatic rings. The molecule has 1 N–H and O–H groups in total. The van der Waals surface area contributed by atoms with Gasteiger partial charge in [-0.2, -0.15) is 4.98 Å². The molecule has 2 amide bonds. The highest BCUT2D eigenvalue weighted by atomic mass is 35.5. The van der Waals surface area contributed by atoms with Crippen molar-refractivity contribution in [3.63, 3.8) is 0 Å². The van der Waals surface area contributed by atoms with Gasteiger partial charge in [0, 0.05) is 28.9 Å². The molecule has 28 heavy (non-hydrogen) atoms. The summed E-state index contributed by atoms with van der Waals surface area (Å²) in [4.78, 5) is 18.5. The number of likely N-dealkylation sites (tertiary alicyclic amines) is 1. The topological polar surface area (TPSA) is 71.3 Å². The van der Waals surface area contributed by atoms with Crippen LogP contribution in [0.5, 0.6) is 0 Å². The summed E-state index contributed by atoms with van der Waals surface area (Å²) in [5.41, 5.74) is 0.873. The summed E-state index contributed by atoms with van der Waals surface area (Å²) >= 11 is 5.99. The van der Waals surface area contributed by atoms with Crippen molar-refractivity contribution in [2.45, 2.75) is 18.9 Å². The smallest absolute Gasteiger partial charge is 0.322 e. The van der Waals surface area contributed by atoms with E-state index >= 15 is 0 Å². The van der Waals surface area contributed by atoms with Gasteiger partial charge in [0.2, 0.25) is 11.7 Å². The van der Waals surface area contributed by atoms with Crippen molar-refractivity contribution >= 4 is 23.3 Å². The van der Waals surface area contributed by atoms with Gasteiger partial charge in [-0.1, -0.05) is 28.9 Å². The van der Waals surface area contributed by atoms with Crippen LogP contribution >= 0.6 is 11.6 Å². The SMILES string of the molecule is O=C(Nc1ccc(F)c(F)c1)N1CCCC1c1nc(-c2cccc(Cl)c2)no1. The molecular weight excluding hydrogens is 390 g/mol. The number of hydrogen-bond acceptors (Lipinski definition) is 4. The Hall–Kier alpha value is -3.00. The highest BCUT2D eigenvalue weighted by molar-refractivity contribution is 6.30. The normalized spacial score (nSPS) is 16.4. The first-order chi connectivity index (χ1) is 13.5. The van der Waals surface area contributed by atoms with Gasteiger partial charge in [-0.3, -0.25) is 0 Å². The first-order valence-corrected chi connectivity index (χ1v) is 9.01. The number of hydrogen-bond donors (Lipinski definition) is 1. The summed E-state index contributed by atoms with van der Waals surface area (Å²) in [6.45, 7) is 0.481. The van der Waals surface area contributed by atoms with Crippen molar-refractivity contribution < 1.29 is 18.1 Å². The molecular formula is C19H15ClF2N4O2. The Morgan fingerprint density at radius 1 is 1.21 bits per heavy atom. The van der Waals surface area contributed by atoms with Crippen molar-refractivity contribution in [3.05, 3.63) is 65.0 Å². The number of nitrogens with zero attached hydrogens (tertiary/aromatic N) is 3. The second-order valence-corrected chi connectivity index (χ2v) is 6.81. The summed E-state index contributed by atoms with van der Waals surface area (Å²) in [6.07, 6.45) is 1.41. The zero-order valence-corrected chi connectivity index (χ0v) is 15.3. The molecule has 1 saturated heterocycles. The number of carbonyl (C=O) groups is 1. The zero-order chi connectivity index (χ0) is 19.7. The highest BCUT2D eigenvalue weighted by Crippen LogP contribution is 2.33. The standard InChI is InChI=1S/C19H15ClF2N4O2/c20-12-4-1-3-11(9-12)17-24-18(28-25-17)16-5-2-8-26(16)19(27)23-13-6-7-14(21)15(22)10-13/h1,3-4,6-7,9-10,16H,2,5,8H2,(H,23,27). The minimum Gasteiger partial charge on any atom is -0.337 e. The summed E-state index contributed by atoms with van der Waals surface area (Å²) in [5.74, 6) is -1.31. The third-order valence-electron chi connectivity index (χ3n) is 4.49. The number of amides is 2. The van der Waals surface area contributed by atoms with Crippen LogP contribution in [0.3, 0.4) is 0 Å². The molecule has 0 bridgehead atoms. The van der Waals surface area contributed by atoms with E-state index in [1.54, 1.807) is 18.2 Å². The predicted molar refractivity (Wildman–Crippen MR) is 98.8 cm³/mol. The Balaban J connectivity index is 1.52. The van der Waals surface area contributed by atoms with Crippen LogP contribution in [0.1, 0.15) is 24.8 Å². The Morgan fingerprint density at radius 2 is 2.07 bits per heavy atom. The molecule has 2 aromatic carbocycles. The molecule has 0 spiro atoms. The predicted octanol–water partition coefficient (Wildman–Crippen LogP) is 5.04. The Labute approximate surface area is 164 Å². The van der Waals surface area contributed by atoms with Crippen molar-refractivity contribution in [3.8, 4) is 11.4 Å². The van der Waals surface area contributed by atoms with Gasteiger partial charge in [0.15, 0.2) is 11.6 Å². The van der Waals surface area contributed by atoms with E-state index in [0.717, 1.165) is 18.6 Å². The van der Waals surface area contributed by atoms with Gasteiger partial charge < -0.3 is 14.7 Å². The lowest BCUT2D eigenvalue weighted by atomic mass is 10.2. The third-order valence-corrected chi connectivity index (χ3v) is 4.73. The van der Waals surface area contributed by atoms with Gasteiger partial charge in [-0.25, -0.2) is 13.6 Å². The zero-order valence-electron chi connectivity index (χ0n) is 14.5. The Morgan fingerprint density at radius 3 is 2.86 bits per heavy atom. The number of nitrogens with one attached hydrogen (secondary N) is 1. The fourth-order valence-corrected chi connectivity index (χ4v) is 3.34. The lowest BCUT2D eigenvalue weighted by molar-refractivity contribution is 0.193. The maximum absolute atomic E-state index is 13.4.